The van der Waals surface area contributed by atoms with Crippen LogP contribution in [0.25, 0.3) is 11.1 Å². The summed E-state index contributed by atoms with van der Waals surface area (Å²) in [7, 11) is 3.12. The molecule has 0 bridgehead atoms. The van der Waals surface area contributed by atoms with Crippen LogP contribution in [0, 0.1) is 5.92 Å². The monoisotopic (exact) mass is 459 g/mol. The van der Waals surface area contributed by atoms with Gasteiger partial charge in [-0.05, 0) is 35.4 Å². The molecule has 1 heterocycles. The van der Waals surface area contributed by atoms with Gasteiger partial charge in [0.15, 0.2) is 0 Å². The molecular weight excluding hydrogens is 426 g/mol. The van der Waals surface area contributed by atoms with E-state index in [-0.39, 0.29) is 24.0 Å². The zero-order chi connectivity index (χ0) is 24.1. The maximum atomic E-state index is 13.4. The van der Waals surface area contributed by atoms with Crippen LogP contribution in [-0.4, -0.2) is 43.2 Å². The molecule has 0 radical (unpaired) electrons. The quantitative estimate of drug-likeness (QED) is 0.481. The number of aromatic hydroxyl groups is 1. The predicted octanol–water partition coefficient (Wildman–Crippen LogP) is 5.86. The molecule has 34 heavy (non-hydrogen) atoms. The number of amides is 1. The number of ether oxygens (including phenoxy) is 2. The van der Waals surface area contributed by atoms with Crippen LogP contribution in [0.4, 0.5) is 0 Å². The number of hydrogen-bond donors (Lipinski definition) is 1. The first-order valence-electron chi connectivity index (χ1n) is 11.9. The zero-order valence-corrected chi connectivity index (χ0v) is 20.2. The minimum Gasteiger partial charge on any atom is -0.507 e. The molecule has 0 spiro atoms. The van der Waals surface area contributed by atoms with Crippen LogP contribution in [0.3, 0.4) is 0 Å². The third-order valence-corrected chi connectivity index (χ3v) is 6.71. The van der Waals surface area contributed by atoms with Gasteiger partial charge in [-0.3, -0.25) is 4.79 Å². The summed E-state index contributed by atoms with van der Waals surface area (Å²) in [6.45, 7) is 3.76. The zero-order valence-electron chi connectivity index (χ0n) is 20.2. The third kappa shape index (κ3) is 5.19. The smallest absolute Gasteiger partial charge is 0.223 e. The van der Waals surface area contributed by atoms with Crippen LogP contribution in [0.15, 0.2) is 66.7 Å². The summed E-state index contributed by atoms with van der Waals surface area (Å²) in [4.78, 5) is 15.4. The third-order valence-electron chi connectivity index (χ3n) is 6.71. The molecule has 5 heteroatoms. The Balaban J connectivity index is 1.72. The number of likely N-dealkylation sites (tertiary alicyclic amines) is 1. The van der Waals surface area contributed by atoms with E-state index < -0.39 is 0 Å². The maximum absolute atomic E-state index is 13.4. The first-order valence-corrected chi connectivity index (χ1v) is 11.9. The van der Waals surface area contributed by atoms with Crippen molar-refractivity contribution in [2.75, 3.05) is 27.3 Å². The molecule has 2 unspecified atom stereocenters. The number of phenols is 1. The van der Waals surface area contributed by atoms with Crippen molar-refractivity contribution in [2.45, 2.75) is 32.1 Å². The van der Waals surface area contributed by atoms with Crippen molar-refractivity contribution in [1.82, 2.24) is 4.90 Å². The van der Waals surface area contributed by atoms with Crippen LogP contribution < -0.4 is 9.47 Å². The molecule has 4 rings (SSSR count). The maximum Gasteiger partial charge on any atom is 0.223 e. The molecular formula is C29H33NO4. The Morgan fingerprint density at radius 3 is 2.38 bits per heavy atom. The highest BCUT2D eigenvalue weighted by Crippen LogP contribution is 2.43. The van der Waals surface area contributed by atoms with Gasteiger partial charge in [0, 0.05) is 43.1 Å². The topological polar surface area (TPSA) is 59.0 Å². The number of piperidine rings is 1. The summed E-state index contributed by atoms with van der Waals surface area (Å²) in [5.74, 6) is 1.33. The van der Waals surface area contributed by atoms with Crippen LogP contribution >= 0.6 is 0 Å². The van der Waals surface area contributed by atoms with E-state index in [1.165, 1.54) is 0 Å². The standard InChI is InChI=1S/C29H33NO4/c1-20-8-7-15-30(19-20)28(32)18-25(29-26(31)16-24(33-2)17-27(29)34-3)23-13-11-22(12-14-23)21-9-5-4-6-10-21/h4-6,9-14,16-17,20,25,31H,7-8,15,18-19H2,1-3H3. The second kappa shape index (κ2) is 10.6. The van der Waals surface area contributed by atoms with Crippen LogP contribution in [0.1, 0.15) is 43.2 Å². The Bertz CT molecular complexity index is 1110. The fraction of sp³-hybridized carbons (Fsp3) is 0.345. The van der Waals surface area contributed by atoms with E-state index in [0.717, 1.165) is 42.6 Å². The van der Waals surface area contributed by atoms with Crippen molar-refractivity contribution < 1.29 is 19.4 Å². The lowest BCUT2D eigenvalue weighted by Gasteiger charge is -2.32. The van der Waals surface area contributed by atoms with Gasteiger partial charge in [-0.15, -0.1) is 0 Å². The molecule has 5 nitrogen and oxygen atoms in total. The number of phenolic OH excluding ortho intramolecular Hbond substituents is 1. The van der Waals surface area contributed by atoms with Gasteiger partial charge in [-0.1, -0.05) is 61.5 Å². The molecule has 178 valence electrons. The number of methoxy groups -OCH3 is 2. The minimum absolute atomic E-state index is 0.0631. The van der Waals surface area contributed by atoms with Crippen molar-refractivity contribution in [1.29, 1.82) is 0 Å². The van der Waals surface area contributed by atoms with Gasteiger partial charge >= 0.3 is 0 Å². The van der Waals surface area contributed by atoms with Crippen molar-refractivity contribution in [3.05, 3.63) is 77.9 Å². The van der Waals surface area contributed by atoms with E-state index in [9.17, 15) is 9.90 Å². The molecule has 0 aromatic heterocycles. The Hall–Kier alpha value is -3.47. The highest BCUT2D eigenvalue weighted by molar-refractivity contribution is 5.78. The fourth-order valence-corrected chi connectivity index (χ4v) is 4.87. The fourth-order valence-electron chi connectivity index (χ4n) is 4.87. The molecule has 1 fully saturated rings. The second-order valence-electron chi connectivity index (χ2n) is 9.09. The highest BCUT2D eigenvalue weighted by Gasteiger charge is 2.29. The highest BCUT2D eigenvalue weighted by atomic mass is 16.5. The molecule has 1 aliphatic rings. The second-order valence-corrected chi connectivity index (χ2v) is 9.09. The molecule has 0 saturated carbocycles. The number of rotatable bonds is 7. The first-order chi connectivity index (χ1) is 16.5. The molecule has 2 atom stereocenters. The number of carbonyl (C=O) groups is 1. The molecule has 1 saturated heterocycles. The van der Waals surface area contributed by atoms with Gasteiger partial charge in [-0.2, -0.15) is 0 Å². The number of benzene rings is 3. The van der Waals surface area contributed by atoms with Crippen LogP contribution in [-0.2, 0) is 4.79 Å². The molecule has 3 aromatic carbocycles. The molecule has 0 aliphatic carbocycles. The lowest BCUT2D eigenvalue weighted by Crippen LogP contribution is -2.39. The summed E-state index contributed by atoms with van der Waals surface area (Å²) in [5, 5.41) is 11.0. The summed E-state index contributed by atoms with van der Waals surface area (Å²) in [5.41, 5.74) is 3.80. The number of carbonyl (C=O) groups excluding carboxylic acids is 1. The van der Waals surface area contributed by atoms with E-state index in [0.29, 0.717) is 23.0 Å². The average molecular weight is 460 g/mol. The summed E-state index contributed by atoms with van der Waals surface area (Å²) < 4.78 is 11.0. The van der Waals surface area contributed by atoms with E-state index >= 15 is 0 Å². The van der Waals surface area contributed by atoms with Gasteiger partial charge in [0.1, 0.15) is 17.2 Å². The van der Waals surface area contributed by atoms with E-state index in [2.05, 4.69) is 31.2 Å². The molecule has 1 aliphatic heterocycles. The predicted molar refractivity (Wildman–Crippen MR) is 135 cm³/mol. The van der Waals surface area contributed by atoms with Crippen molar-refractivity contribution in [3.63, 3.8) is 0 Å². The summed E-state index contributed by atoms with van der Waals surface area (Å²) in [6, 6.07) is 21.7. The van der Waals surface area contributed by atoms with Gasteiger partial charge in [0.25, 0.3) is 0 Å². The van der Waals surface area contributed by atoms with E-state index in [1.54, 1.807) is 26.4 Å². The van der Waals surface area contributed by atoms with Crippen LogP contribution in [0.2, 0.25) is 0 Å². The first kappa shape index (κ1) is 23.7. The summed E-state index contributed by atoms with van der Waals surface area (Å²) >= 11 is 0. The van der Waals surface area contributed by atoms with Crippen molar-refractivity contribution in [3.8, 4) is 28.4 Å². The van der Waals surface area contributed by atoms with E-state index in [4.69, 9.17) is 9.47 Å². The average Bonchev–Trinajstić information content (AvgIpc) is 2.87. The van der Waals surface area contributed by atoms with Gasteiger partial charge in [-0.25, -0.2) is 0 Å². The van der Waals surface area contributed by atoms with Crippen LogP contribution in [0.5, 0.6) is 17.2 Å². The van der Waals surface area contributed by atoms with Gasteiger partial charge in [0.05, 0.1) is 14.2 Å². The number of nitrogens with zero attached hydrogens (tertiary/aromatic N) is 1. The van der Waals surface area contributed by atoms with Crippen molar-refractivity contribution in [2.24, 2.45) is 5.92 Å². The van der Waals surface area contributed by atoms with Gasteiger partial charge in [0.2, 0.25) is 5.91 Å². The molecule has 1 amide bonds. The largest absolute Gasteiger partial charge is 0.507 e. The van der Waals surface area contributed by atoms with Gasteiger partial charge < -0.3 is 19.5 Å². The summed E-state index contributed by atoms with van der Waals surface area (Å²) in [6.07, 6.45) is 2.44. The Labute approximate surface area is 201 Å². The number of hydrogen-bond acceptors (Lipinski definition) is 4. The lowest BCUT2D eigenvalue weighted by atomic mass is 9.85. The van der Waals surface area contributed by atoms with E-state index in [1.807, 2.05) is 35.2 Å². The molecule has 3 aromatic rings. The Morgan fingerprint density at radius 2 is 1.74 bits per heavy atom. The Morgan fingerprint density at radius 1 is 1.03 bits per heavy atom. The SMILES string of the molecule is COc1cc(O)c(C(CC(=O)N2CCCC(C)C2)c2ccc(-c3ccccc3)cc2)c(OC)c1. The normalized spacial score (nSPS) is 16.7. The Kier molecular flexibility index (Phi) is 7.41. The lowest BCUT2D eigenvalue weighted by molar-refractivity contribution is -0.133. The van der Waals surface area contributed by atoms with Crippen molar-refractivity contribution >= 4 is 5.91 Å². The minimum atomic E-state index is -0.351. The molecule has 1 N–H and O–H groups in total.